The lowest BCUT2D eigenvalue weighted by Gasteiger charge is -2.44. The van der Waals surface area contributed by atoms with Crippen molar-refractivity contribution in [1.82, 2.24) is 0 Å². The molecule has 0 aromatic rings. The molecule has 1 aliphatic rings. The molecule has 1 aliphatic carbocycles. The van der Waals surface area contributed by atoms with E-state index < -0.39 is 0 Å². The van der Waals surface area contributed by atoms with Crippen molar-refractivity contribution >= 4 is 0 Å². The zero-order valence-corrected chi connectivity index (χ0v) is 9.34. The summed E-state index contributed by atoms with van der Waals surface area (Å²) in [5.74, 6) is 0. The van der Waals surface area contributed by atoms with Crippen LogP contribution >= 0.6 is 0 Å². The van der Waals surface area contributed by atoms with Gasteiger partial charge in [-0.1, -0.05) is 20.8 Å². The van der Waals surface area contributed by atoms with Crippen LogP contribution in [0.2, 0.25) is 0 Å². The topological polar surface area (TPSA) is 59.0 Å². The number of hydrogen-bond donors (Lipinski definition) is 1. The van der Waals surface area contributed by atoms with Crippen LogP contribution in [0.15, 0.2) is 0 Å². The number of nitrogens with zero attached hydrogens (tertiary/aromatic N) is 1. The van der Waals surface area contributed by atoms with Crippen LogP contribution in [0, 0.1) is 22.3 Å². The van der Waals surface area contributed by atoms with Gasteiger partial charge in [0.15, 0.2) is 0 Å². The molecule has 0 aliphatic heterocycles. The molecule has 3 nitrogen and oxygen atoms in total. The highest BCUT2D eigenvalue weighted by Gasteiger charge is 2.41. The lowest BCUT2D eigenvalue weighted by atomic mass is 9.63. The summed E-state index contributed by atoms with van der Waals surface area (Å²) in [5.41, 5.74) is 6.14. The molecule has 0 bridgehead atoms. The van der Waals surface area contributed by atoms with Crippen molar-refractivity contribution in [2.24, 2.45) is 16.6 Å². The monoisotopic (exact) mass is 196 g/mol. The summed E-state index contributed by atoms with van der Waals surface area (Å²) in [5, 5.41) is 8.53. The van der Waals surface area contributed by atoms with Crippen LogP contribution in [0.3, 0.4) is 0 Å². The minimum absolute atomic E-state index is 0.0531. The van der Waals surface area contributed by atoms with Gasteiger partial charge in [0.2, 0.25) is 0 Å². The fourth-order valence-electron chi connectivity index (χ4n) is 2.85. The first-order chi connectivity index (χ1) is 6.41. The lowest BCUT2D eigenvalue weighted by Crippen LogP contribution is -2.42. The second kappa shape index (κ2) is 3.78. The Morgan fingerprint density at radius 1 is 1.43 bits per heavy atom. The highest BCUT2D eigenvalue weighted by atomic mass is 16.5. The van der Waals surface area contributed by atoms with Gasteiger partial charge in [0, 0.05) is 0 Å². The number of nitrogens with two attached hydrogens (primary N) is 1. The first-order valence-corrected chi connectivity index (χ1v) is 5.16. The molecule has 3 heteroatoms. The molecule has 2 unspecified atom stereocenters. The quantitative estimate of drug-likeness (QED) is 0.687. The van der Waals surface area contributed by atoms with E-state index in [0.29, 0.717) is 6.54 Å². The van der Waals surface area contributed by atoms with Crippen LogP contribution in [-0.2, 0) is 4.74 Å². The Hall–Kier alpha value is -0.750. The summed E-state index contributed by atoms with van der Waals surface area (Å²) < 4.78 is 5.07. The van der Waals surface area contributed by atoms with E-state index in [2.05, 4.69) is 20.8 Å². The van der Waals surface area contributed by atoms with Crippen molar-refractivity contribution in [2.75, 3.05) is 6.54 Å². The highest BCUT2D eigenvalue weighted by Crippen LogP contribution is 2.46. The molecule has 2 atom stereocenters. The fourth-order valence-corrected chi connectivity index (χ4v) is 2.85. The maximum atomic E-state index is 8.53. The van der Waals surface area contributed by atoms with Crippen LogP contribution in [-0.4, -0.2) is 12.6 Å². The van der Waals surface area contributed by atoms with Gasteiger partial charge < -0.3 is 10.5 Å². The van der Waals surface area contributed by atoms with E-state index in [1.807, 2.05) is 0 Å². The molecular formula is C11H20N2O. The molecule has 0 spiro atoms. The van der Waals surface area contributed by atoms with E-state index in [1.165, 1.54) is 0 Å². The predicted octanol–water partition coefficient (Wildman–Crippen LogP) is 2.03. The number of hydrogen-bond acceptors (Lipinski definition) is 3. The molecule has 14 heavy (non-hydrogen) atoms. The Morgan fingerprint density at radius 3 is 2.57 bits per heavy atom. The Morgan fingerprint density at radius 2 is 2.07 bits per heavy atom. The average Bonchev–Trinajstić information content (AvgIpc) is 2.01. The summed E-state index contributed by atoms with van der Waals surface area (Å²) in [6, 6.07) is 0. The van der Waals surface area contributed by atoms with E-state index in [0.717, 1.165) is 19.3 Å². The first kappa shape index (κ1) is 11.3. The van der Waals surface area contributed by atoms with Crippen molar-refractivity contribution in [3.63, 3.8) is 0 Å². The molecule has 0 radical (unpaired) electrons. The first-order valence-electron chi connectivity index (χ1n) is 5.16. The number of rotatable bonds is 2. The van der Waals surface area contributed by atoms with Gasteiger partial charge in [0.25, 0.3) is 6.26 Å². The predicted molar refractivity (Wildman–Crippen MR) is 55.3 cm³/mol. The summed E-state index contributed by atoms with van der Waals surface area (Å²) in [6.45, 7) is 7.28. The Balaban J connectivity index is 2.73. The summed E-state index contributed by atoms with van der Waals surface area (Å²) in [6.07, 6.45) is 4.82. The van der Waals surface area contributed by atoms with Gasteiger partial charge in [0.05, 0.1) is 0 Å². The molecular weight excluding hydrogens is 176 g/mol. The van der Waals surface area contributed by atoms with E-state index in [9.17, 15) is 0 Å². The van der Waals surface area contributed by atoms with Gasteiger partial charge in [-0.2, -0.15) is 5.26 Å². The molecule has 0 aromatic carbocycles. The van der Waals surface area contributed by atoms with Gasteiger partial charge in [-0.3, -0.25) is 0 Å². The van der Waals surface area contributed by atoms with Crippen molar-refractivity contribution < 1.29 is 4.74 Å². The fraction of sp³-hybridized carbons (Fsp3) is 0.909. The number of ether oxygens (including phenoxy) is 1. The zero-order valence-electron chi connectivity index (χ0n) is 9.34. The Labute approximate surface area is 86.2 Å². The molecule has 0 amide bonds. The van der Waals surface area contributed by atoms with Gasteiger partial charge in [0.1, 0.15) is 6.10 Å². The molecule has 2 N–H and O–H groups in total. The molecule has 0 aromatic heterocycles. The normalized spacial score (nSPS) is 36.1. The van der Waals surface area contributed by atoms with E-state index in [4.69, 9.17) is 15.7 Å². The maximum absolute atomic E-state index is 8.53. The van der Waals surface area contributed by atoms with E-state index in [1.54, 1.807) is 6.26 Å². The molecule has 1 saturated carbocycles. The van der Waals surface area contributed by atoms with Crippen LogP contribution in [0.4, 0.5) is 0 Å². The molecule has 80 valence electrons. The maximum Gasteiger partial charge on any atom is 0.286 e. The van der Waals surface area contributed by atoms with Gasteiger partial charge in [-0.15, -0.1) is 0 Å². The van der Waals surface area contributed by atoms with Crippen LogP contribution < -0.4 is 5.73 Å². The third kappa shape index (κ3) is 2.62. The van der Waals surface area contributed by atoms with Crippen molar-refractivity contribution in [3.05, 3.63) is 0 Å². The van der Waals surface area contributed by atoms with Gasteiger partial charge >= 0.3 is 0 Å². The summed E-state index contributed by atoms with van der Waals surface area (Å²) in [4.78, 5) is 0. The number of nitriles is 1. The largest absolute Gasteiger partial charge is 0.424 e. The Kier molecular flexibility index (Phi) is 3.06. The standard InChI is InChI=1S/C11H20N2O/c1-10(2)4-9(14-8-13)5-11(3,6-10)7-12/h9H,4-7,12H2,1-3H3. The third-order valence-electron chi connectivity index (χ3n) is 3.12. The van der Waals surface area contributed by atoms with Crippen LogP contribution in [0.25, 0.3) is 0 Å². The van der Waals surface area contributed by atoms with E-state index in [-0.39, 0.29) is 16.9 Å². The van der Waals surface area contributed by atoms with E-state index >= 15 is 0 Å². The molecule has 1 fully saturated rings. The van der Waals surface area contributed by atoms with Crippen LogP contribution in [0.1, 0.15) is 40.0 Å². The minimum Gasteiger partial charge on any atom is -0.424 e. The van der Waals surface area contributed by atoms with Gasteiger partial charge in [-0.25, -0.2) is 0 Å². The molecule has 0 saturated heterocycles. The smallest absolute Gasteiger partial charge is 0.286 e. The van der Waals surface area contributed by atoms with Crippen molar-refractivity contribution in [1.29, 1.82) is 5.26 Å². The zero-order chi connectivity index (χ0) is 10.8. The van der Waals surface area contributed by atoms with Gasteiger partial charge in [-0.05, 0) is 36.6 Å². The highest BCUT2D eigenvalue weighted by molar-refractivity contribution is 4.93. The van der Waals surface area contributed by atoms with Crippen molar-refractivity contribution in [3.8, 4) is 6.26 Å². The second-order valence-corrected chi connectivity index (χ2v) is 5.60. The summed E-state index contributed by atoms with van der Waals surface area (Å²) >= 11 is 0. The lowest BCUT2D eigenvalue weighted by molar-refractivity contribution is -0.00704. The molecule has 0 heterocycles. The third-order valence-corrected chi connectivity index (χ3v) is 3.12. The minimum atomic E-state index is 0.0531. The second-order valence-electron chi connectivity index (χ2n) is 5.60. The Bertz CT molecular complexity index is 244. The summed E-state index contributed by atoms with van der Waals surface area (Å²) in [7, 11) is 0. The average molecular weight is 196 g/mol. The van der Waals surface area contributed by atoms with Crippen LogP contribution in [0.5, 0.6) is 0 Å². The molecule has 1 rings (SSSR count). The SMILES string of the molecule is CC1(C)CC(OC#N)CC(C)(CN)C1. The van der Waals surface area contributed by atoms with Crippen molar-refractivity contribution in [2.45, 2.75) is 46.1 Å².